The quantitative estimate of drug-likeness (QED) is 0.907. The molecule has 0 unspecified atom stereocenters. The number of aromatic nitrogens is 1. The minimum Gasteiger partial charge on any atom is -0.437 e. The molecule has 0 saturated carbocycles. The highest BCUT2D eigenvalue weighted by Gasteiger charge is 2.10. The number of hydrogen-bond donors (Lipinski definition) is 1. The van der Waals surface area contributed by atoms with Crippen molar-refractivity contribution >= 4 is 17.3 Å². The van der Waals surface area contributed by atoms with Gasteiger partial charge in [0, 0.05) is 11.2 Å². The van der Waals surface area contributed by atoms with Crippen LogP contribution in [0.4, 0.5) is 5.69 Å². The van der Waals surface area contributed by atoms with E-state index in [0.29, 0.717) is 16.3 Å². The van der Waals surface area contributed by atoms with E-state index < -0.39 is 0 Å². The van der Waals surface area contributed by atoms with Gasteiger partial charge in [-0.1, -0.05) is 11.6 Å². The van der Waals surface area contributed by atoms with Crippen LogP contribution in [-0.4, -0.2) is 4.98 Å². The first-order valence-electron chi connectivity index (χ1n) is 5.62. The highest BCUT2D eigenvalue weighted by atomic mass is 35.5. The lowest BCUT2D eigenvalue weighted by atomic mass is 10.1. The fraction of sp³-hybridized carbons (Fsp3) is 0.143. The number of rotatable bonds is 2. The summed E-state index contributed by atoms with van der Waals surface area (Å²) in [5, 5.41) is 9.61. The molecule has 19 heavy (non-hydrogen) atoms. The van der Waals surface area contributed by atoms with Gasteiger partial charge < -0.3 is 10.5 Å². The molecule has 96 valence electrons. The third kappa shape index (κ3) is 2.61. The lowest BCUT2D eigenvalue weighted by molar-refractivity contribution is 0.464. The average Bonchev–Trinajstić information content (AvgIpc) is 2.38. The van der Waals surface area contributed by atoms with E-state index >= 15 is 0 Å². The lowest BCUT2D eigenvalue weighted by Gasteiger charge is -2.10. The molecule has 2 N–H and O–H groups in total. The molecule has 1 heterocycles. The van der Waals surface area contributed by atoms with Gasteiger partial charge in [0.25, 0.3) is 0 Å². The number of pyridine rings is 1. The molecule has 0 spiro atoms. The van der Waals surface area contributed by atoms with Crippen LogP contribution in [0.3, 0.4) is 0 Å². The van der Waals surface area contributed by atoms with Gasteiger partial charge in [0.15, 0.2) is 0 Å². The molecule has 0 saturated heterocycles. The molecule has 0 atom stereocenters. The number of ether oxygens (including phenoxy) is 1. The molecular formula is C14H12ClN3O. The van der Waals surface area contributed by atoms with Crippen molar-refractivity contribution < 1.29 is 4.74 Å². The van der Waals surface area contributed by atoms with Crippen molar-refractivity contribution in [3.8, 4) is 17.7 Å². The van der Waals surface area contributed by atoms with E-state index in [2.05, 4.69) is 4.98 Å². The molecular weight excluding hydrogens is 262 g/mol. The van der Waals surface area contributed by atoms with Crippen molar-refractivity contribution in [1.29, 1.82) is 5.26 Å². The van der Waals surface area contributed by atoms with Crippen molar-refractivity contribution in [2.75, 3.05) is 5.73 Å². The van der Waals surface area contributed by atoms with Gasteiger partial charge in [-0.2, -0.15) is 5.26 Å². The molecule has 0 aliphatic rings. The van der Waals surface area contributed by atoms with Crippen LogP contribution in [0.1, 0.15) is 16.7 Å². The summed E-state index contributed by atoms with van der Waals surface area (Å²) in [6.07, 6.45) is 1.49. The summed E-state index contributed by atoms with van der Waals surface area (Å²) in [7, 11) is 0. The topological polar surface area (TPSA) is 71.9 Å². The second-order valence-corrected chi connectivity index (χ2v) is 4.54. The lowest BCUT2D eigenvalue weighted by Crippen LogP contribution is -1.98. The molecule has 2 rings (SSSR count). The number of nitrogen functional groups attached to an aromatic ring is 1. The molecule has 2 aromatic rings. The summed E-state index contributed by atoms with van der Waals surface area (Å²) in [6, 6.07) is 7.13. The van der Waals surface area contributed by atoms with Crippen molar-refractivity contribution in [2.24, 2.45) is 0 Å². The molecule has 0 aliphatic carbocycles. The number of anilines is 1. The van der Waals surface area contributed by atoms with E-state index in [9.17, 15) is 0 Å². The second kappa shape index (κ2) is 5.17. The predicted molar refractivity (Wildman–Crippen MR) is 74.4 cm³/mol. The summed E-state index contributed by atoms with van der Waals surface area (Å²) >= 11 is 6.09. The van der Waals surface area contributed by atoms with Crippen molar-refractivity contribution in [2.45, 2.75) is 13.8 Å². The maximum absolute atomic E-state index is 8.90. The normalized spacial score (nSPS) is 10.0. The first-order valence-corrected chi connectivity index (χ1v) is 6.00. The Labute approximate surface area is 116 Å². The Morgan fingerprint density at radius 3 is 2.53 bits per heavy atom. The number of halogens is 1. The molecule has 4 nitrogen and oxygen atoms in total. The second-order valence-electron chi connectivity index (χ2n) is 4.16. The first-order chi connectivity index (χ1) is 9.02. The molecule has 5 heteroatoms. The number of benzene rings is 1. The predicted octanol–water partition coefficient (Wildman–Crippen LogP) is 3.60. The largest absolute Gasteiger partial charge is 0.437 e. The zero-order chi connectivity index (χ0) is 14.0. The smallest absolute Gasteiger partial charge is 0.244 e. The Morgan fingerprint density at radius 2 is 1.95 bits per heavy atom. The van der Waals surface area contributed by atoms with Gasteiger partial charge in [0.05, 0.1) is 5.56 Å². The van der Waals surface area contributed by atoms with Crippen molar-refractivity contribution in [3.63, 3.8) is 0 Å². The summed E-state index contributed by atoms with van der Waals surface area (Å²) in [5.41, 5.74) is 8.20. The molecule has 0 amide bonds. The monoisotopic (exact) mass is 273 g/mol. The molecule has 0 bridgehead atoms. The molecule has 1 aromatic carbocycles. The fourth-order valence-electron chi connectivity index (χ4n) is 1.71. The Balaban J connectivity index is 2.40. The summed E-state index contributed by atoms with van der Waals surface area (Å²) in [4.78, 5) is 4.03. The first kappa shape index (κ1) is 13.2. The number of nitrogens with zero attached hydrogens (tertiary/aromatic N) is 2. The summed E-state index contributed by atoms with van der Waals surface area (Å²) < 4.78 is 5.62. The SMILES string of the molecule is Cc1cc(Oc2nccc(C#N)c2N)cc(C)c1Cl. The number of aryl methyl sites for hydroxylation is 2. The zero-order valence-electron chi connectivity index (χ0n) is 10.6. The number of nitrogens with two attached hydrogens (primary N) is 1. The minimum atomic E-state index is 0.222. The van der Waals surface area contributed by atoms with E-state index in [1.807, 2.05) is 19.9 Å². The summed E-state index contributed by atoms with van der Waals surface area (Å²) in [6.45, 7) is 3.79. The fourth-order valence-corrected chi connectivity index (χ4v) is 1.82. The average molecular weight is 274 g/mol. The Kier molecular flexibility index (Phi) is 3.59. The molecule has 0 radical (unpaired) electrons. The highest BCUT2D eigenvalue weighted by Crippen LogP contribution is 2.31. The van der Waals surface area contributed by atoms with Crippen LogP contribution >= 0.6 is 11.6 Å². The zero-order valence-corrected chi connectivity index (χ0v) is 11.3. The van der Waals surface area contributed by atoms with Gasteiger partial charge in [-0.05, 0) is 43.2 Å². The number of nitriles is 1. The Hall–Kier alpha value is -2.25. The van der Waals surface area contributed by atoms with Gasteiger partial charge in [-0.3, -0.25) is 0 Å². The molecule has 1 aromatic heterocycles. The molecule has 0 fully saturated rings. The van der Waals surface area contributed by atoms with Gasteiger partial charge in [-0.25, -0.2) is 4.98 Å². The maximum atomic E-state index is 8.90. The minimum absolute atomic E-state index is 0.222. The van der Waals surface area contributed by atoms with Gasteiger partial charge in [0.2, 0.25) is 5.88 Å². The van der Waals surface area contributed by atoms with Crippen LogP contribution < -0.4 is 10.5 Å². The van der Waals surface area contributed by atoms with Crippen molar-refractivity contribution in [1.82, 2.24) is 4.98 Å². The van der Waals surface area contributed by atoms with Crippen molar-refractivity contribution in [3.05, 3.63) is 46.1 Å². The van der Waals surface area contributed by atoms with E-state index in [1.165, 1.54) is 6.20 Å². The van der Waals surface area contributed by atoms with E-state index in [-0.39, 0.29) is 11.6 Å². The van der Waals surface area contributed by atoms with Crippen LogP contribution in [0.2, 0.25) is 5.02 Å². The highest BCUT2D eigenvalue weighted by molar-refractivity contribution is 6.32. The van der Waals surface area contributed by atoms with E-state index in [0.717, 1.165) is 11.1 Å². The third-order valence-corrected chi connectivity index (χ3v) is 3.29. The molecule has 0 aliphatic heterocycles. The standard InChI is InChI=1S/C14H12ClN3O/c1-8-5-11(6-9(2)12(8)15)19-14-13(17)10(7-16)3-4-18-14/h3-6H,17H2,1-2H3. The third-order valence-electron chi connectivity index (χ3n) is 2.70. The van der Waals surface area contributed by atoms with Crippen LogP contribution in [0, 0.1) is 25.2 Å². The van der Waals surface area contributed by atoms with E-state index in [1.54, 1.807) is 18.2 Å². The van der Waals surface area contributed by atoms with Gasteiger partial charge in [-0.15, -0.1) is 0 Å². The van der Waals surface area contributed by atoms with Crippen LogP contribution in [0.15, 0.2) is 24.4 Å². The van der Waals surface area contributed by atoms with Crippen LogP contribution in [0.25, 0.3) is 0 Å². The Bertz CT molecular complexity index is 654. The van der Waals surface area contributed by atoms with Gasteiger partial charge >= 0.3 is 0 Å². The van der Waals surface area contributed by atoms with E-state index in [4.69, 9.17) is 27.3 Å². The summed E-state index contributed by atoms with van der Waals surface area (Å²) in [5.74, 6) is 0.814. The van der Waals surface area contributed by atoms with Crippen LogP contribution in [-0.2, 0) is 0 Å². The van der Waals surface area contributed by atoms with Crippen LogP contribution in [0.5, 0.6) is 11.6 Å². The maximum Gasteiger partial charge on any atom is 0.244 e. The number of hydrogen-bond acceptors (Lipinski definition) is 4. The Morgan fingerprint density at radius 1 is 1.32 bits per heavy atom. The van der Waals surface area contributed by atoms with Gasteiger partial charge in [0.1, 0.15) is 17.5 Å².